The quantitative estimate of drug-likeness (QED) is 0.142. The molecular weight excluding hydrogens is 1150 g/mol. The third-order valence-electron chi connectivity index (χ3n) is 18.9. The van der Waals surface area contributed by atoms with Crippen LogP contribution in [0.25, 0.3) is 182 Å². The first kappa shape index (κ1) is 55.2. The van der Waals surface area contributed by atoms with E-state index in [1.807, 2.05) is 18.3 Å². The molecule has 5 nitrogen and oxygen atoms in total. The minimum Gasteiger partial charge on any atom is -0.292 e. The van der Waals surface area contributed by atoms with Gasteiger partial charge in [0.05, 0.1) is 39.1 Å². The monoisotopic (exact) mass is 1210 g/mol. The predicted octanol–water partition coefficient (Wildman–Crippen LogP) is 23.8. The van der Waals surface area contributed by atoms with Gasteiger partial charge in [-0.15, -0.1) is 0 Å². The highest BCUT2D eigenvalue weighted by atomic mass is 15.1. The molecule has 4 aromatic heterocycles. The van der Waals surface area contributed by atoms with Gasteiger partial charge >= 0.3 is 0 Å². The van der Waals surface area contributed by atoms with Crippen LogP contribution >= 0.6 is 0 Å². The molecule has 0 spiro atoms. The maximum atomic E-state index is 5.18. The fourth-order valence-corrected chi connectivity index (χ4v) is 14.2. The van der Waals surface area contributed by atoms with E-state index < -0.39 is 0 Å². The van der Waals surface area contributed by atoms with Crippen molar-refractivity contribution in [3.05, 3.63) is 346 Å². The largest absolute Gasteiger partial charge is 0.292 e. The number of fused-ring (bicyclic) bond motifs is 14. The number of pyridine rings is 3. The van der Waals surface area contributed by atoms with Gasteiger partial charge in [-0.1, -0.05) is 285 Å². The summed E-state index contributed by atoms with van der Waals surface area (Å²) in [5.74, 6) is 0.938. The zero-order valence-corrected chi connectivity index (χ0v) is 51.6. The van der Waals surface area contributed by atoms with Crippen LogP contribution in [0.1, 0.15) is 0 Å². The number of hydrogen-bond acceptors (Lipinski definition) is 4. The Labute approximate surface area is 548 Å². The summed E-state index contributed by atoms with van der Waals surface area (Å²) in [4.78, 5) is 20.1. The van der Waals surface area contributed by atoms with Gasteiger partial charge in [0, 0.05) is 66.5 Å². The van der Waals surface area contributed by atoms with Crippen molar-refractivity contribution in [2.75, 3.05) is 0 Å². The van der Waals surface area contributed by atoms with Gasteiger partial charge in [0.25, 0.3) is 0 Å². The zero-order valence-electron chi connectivity index (χ0n) is 51.6. The predicted molar refractivity (Wildman–Crippen MR) is 399 cm³/mol. The fourth-order valence-electron chi connectivity index (χ4n) is 14.2. The van der Waals surface area contributed by atoms with Crippen LogP contribution in [-0.4, -0.2) is 24.5 Å². The Bertz CT molecular complexity index is 6140. The molecule has 4 heterocycles. The molecule has 0 saturated heterocycles. The molecule has 5 heteroatoms. The molecule has 0 aliphatic rings. The van der Waals surface area contributed by atoms with E-state index in [0.29, 0.717) is 0 Å². The van der Waals surface area contributed by atoms with Crippen molar-refractivity contribution in [1.82, 2.24) is 24.5 Å². The van der Waals surface area contributed by atoms with E-state index in [1.54, 1.807) is 0 Å². The minimum absolute atomic E-state index is 0.938. The Morgan fingerprint density at radius 1 is 0.221 bits per heavy atom. The summed E-state index contributed by atoms with van der Waals surface area (Å²) in [5, 5.41) is 17.2. The summed E-state index contributed by atoms with van der Waals surface area (Å²) in [6.45, 7) is 0. The van der Waals surface area contributed by atoms with Gasteiger partial charge in [-0.05, 0) is 131 Å². The van der Waals surface area contributed by atoms with E-state index in [1.165, 1.54) is 97.7 Å². The van der Waals surface area contributed by atoms with Crippen molar-refractivity contribution in [1.29, 1.82) is 0 Å². The second-order valence-electron chi connectivity index (χ2n) is 24.4. The number of nitrogens with zero attached hydrogens (tertiary/aromatic N) is 5. The summed E-state index contributed by atoms with van der Waals surface area (Å²) in [7, 11) is 0. The van der Waals surface area contributed by atoms with E-state index in [9.17, 15) is 0 Å². The molecule has 95 heavy (non-hydrogen) atoms. The molecule has 0 radical (unpaired) electrons. The number of rotatable bonds is 8. The topological polar surface area (TPSA) is 56.5 Å². The van der Waals surface area contributed by atoms with Crippen LogP contribution in [0.15, 0.2) is 346 Å². The molecule has 442 valence electrons. The van der Waals surface area contributed by atoms with Crippen LogP contribution in [0, 0.1) is 0 Å². The van der Waals surface area contributed by atoms with E-state index >= 15 is 0 Å². The number of imidazole rings is 1. The van der Waals surface area contributed by atoms with E-state index in [2.05, 4.69) is 332 Å². The van der Waals surface area contributed by atoms with Crippen LogP contribution in [-0.2, 0) is 0 Å². The van der Waals surface area contributed by atoms with Crippen molar-refractivity contribution in [2.24, 2.45) is 0 Å². The third kappa shape index (κ3) is 9.90. The highest BCUT2D eigenvalue weighted by molar-refractivity contribution is 6.24. The van der Waals surface area contributed by atoms with E-state index in [-0.39, 0.29) is 0 Å². The highest BCUT2D eigenvalue weighted by Gasteiger charge is 2.18. The van der Waals surface area contributed by atoms with Crippen LogP contribution in [0.5, 0.6) is 0 Å². The maximum absolute atomic E-state index is 5.18. The summed E-state index contributed by atoms with van der Waals surface area (Å²) < 4.78 is 2.24. The van der Waals surface area contributed by atoms with E-state index in [0.717, 1.165) is 84.0 Å². The van der Waals surface area contributed by atoms with Crippen LogP contribution < -0.4 is 0 Å². The average molecular weight is 1210 g/mol. The van der Waals surface area contributed by atoms with Gasteiger partial charge < -0.3 is 0 Å². The van der Waals surface area contributed by atoms with Gasteiger partial charge in [0.1, 0.15) is 5.82 Å². The second-order valence-corrected chi connectivity index (χ2v) is 24.4. The van der Waals surface area contributed by atoms with Crippen LogP contribution in [0.4, 0.5) is 0 Å². The molecule has 0 unspecified atom stereocenters. The lowest BCUT2D eigenvalue weighted by Gasteiger charge is -2.13. The Morgan fingerprint density at radius 2 is 0.611 bits per heavy atom. The Hall–Kier alpha value is -12.7. The van der Waals surface area contributed by atoms with Crippen molar-refractivity contribution < 1.29 is 0 Å². The molecular formula is C90H57N5. The molecule has 0 atom stereocenters. The van der Waals surface area contributed by atoms with E-state index in [4.69, 9.17) is 19.9 Å². The zero-order chi connectivity index (χ0) is 62.8. The average Bonchev–Trinajstić information content (AvgIpc) is 1.44. The normalized spacial score (nSPS) is 11.6. The van der Waals surface area contributed by atoms with Crippen molar-refractivity contribution in [2.45, 2.75) is 0 Å². The van der Waals surface area contributed by atoms with Crippen LogP contribution in [0.2, 0.25) is 0 Å². The molecule has 0 N–H and O–H groups in total. The number of benzene rings is 15. The first-order valence-corrected chi connectivity index (χ1v) is 32.3. The molecule has 0 aliphatic heterocycles. The molecule has 0 bridgehead atoms. The fraction of sp³-hybridized carbons (Fsp3) is 0. The number of para-hydroxylation sites is 5. The first-order valence-electron chi connectivity index (χ1n) is 32.3. The molecule has 19 rings (SSSR count). The van der Waals surface area contributed by atoms with Gasteiger partial charge in [-0.2, -0.15) is 0 Å². The summed E-state index contributed by atoms with van der Waals surface area (Å²) in [5.41, 5.74) is 19.6. The molecule has 0 saturated carbocycles. The second kappa shape index (κ2) is 23.2. The standard InChI is InChI=1S/C48H31N3.C42H26N2/c1-2-11-39(12-3-1)51-45-17-9-8-16-44(45)50-48(51)38-28-24-35(25-29-38)33-20-18-32(19-21-33)34-22-26-37(27-23-34)47-42-31-30-36-10-4-5-13-40(36)46(42)41-14-6-7-15-43(41)49-47;1-3-9-34-28(7-1)15-16-30-17-20-33(25-38(30)34)40-26-32(23-24-43-40)27-13-18-31(19-14-27)42-37-22-21-29-8-2-4-10-35(29)41(37)36-11-5-6-12-39(36)44-42/h1-31H;1-26H. The van der Waals surface area contributed by atoms with Crippen molar-refractivity contribution in [3.8, 4) is 84.2 Å². The van der Waals surface area contributed by atoms with Crippen molar-refractivity contribution >= 4 is 97.5 Å². The first-order chi connectivity index (χ1) is 47.1. The Kier molecular flexibility index (Phi) is 13.5. The lowest BCUT2D eigenvalue weighted by Crippen LogP contribution is -1.97. The van der Waals surface area contributed by atoms with Gasteiger partial charge in [0.2, 0.25) is 0 Å². The lowest BCUT2D eigenvalue weighted by atomic mass is 9.94. The Balaban J connectivity index is 0.000000140. The highest BCUT2D eigenvalue weighted by Crippen LogP contribution is 2.41. The summed E-state index contributed by atoms with van der Waals surface area (Å²) >= 11 is 0. The smallest absolute Gasteiger partial charge is 0.145 e. The van der Waals surface area contributed by atoms with Crippen LogP contribution in [0.3, 0.4) is 0 Å². The number of hydrogen-bond donors (Lipinski definition) is 0. The minimum atomic E-state index is 0.938. The molecule has 0 amide bonds. The maximum Gasteiger partial charge on any atom is 0.145 e. The Morgan fingerprint density at radius 3 is 1.16 bits per heavy atom. The molecule has 0 aliphatic carbocycles. The van der Waals surface area contributed by atoms with Gasteiger partial charge in [-0.3, -0.25) is 9.55 Å². The third-order valence-corrected chi connectivity index (χ3v) is 18.9. The number of aromatic nitrogens is 5. The summed E-state index contributed by atoms with van der Waals surface area (Å²) in [6, 6.07) is 121. The van der Waals surface area contributed by atoms with Gasteiger partial charge in [-0.25, -0.2) is 15.0 Å². The van der Waals surface area contributed by atoms with Gasteiger partial charge in [0.15, 0.2) is 0 Å². The van der Waals surface area contributed by atoms with Crippen molar-refractivity contribution in [3.63, 3.8) is 0 Å². The molecule has 0 fully saturated rings. The molecule has 19 aromatic rings. The lowest BCUT2D eigenvalue weighted by molar-refractivity contribution is 1.10. The SMILES string of the molecule is c1ccc(-n2c(-c3ccc(-c4ccc(-c5ccc(-c6nc7ccccc7c7c6ccc6ccccc67)cc5)cc4)cc3)nc3ccccc32)cc1.c1ccc2c(c1)ccc1ccc(-c3cc(-c4ccc(-c5nc6ccccc6c6c5ccc5ccccc56)cc4)ccn3)cc12. The summed E-state index contributed by atoms with van der Waals surface area (Å²) in [6.07, 6.45) is 1.91. The molecule has 15 aromatic carbocycles.